The molecule has 1 saturated heterocycles. The maximum absolute atomic E-state index is 11.9. The van der Waals surface area contributed by atoms with Gasteiger partial charge in [-0.2, -0.15) is 0 Å². The van der Waals surface area contributed by atoms with E-state index in [1.165, 1.54) is 11.3 Å². The number of hydrogen-bond acceptors (Lipinski definition) is 3. The highest BCUT2D eigenvalue weighted by atomic mass is 35.5. The number of thiophene rings is 1. The summed E-state index contributed by atoms with van der Waals surface area (Å²) >= 11 is 7.27. The molecule has 0 spiro atoms. The predicted molar refractivity (Wildman–Crippen MR) is 78.6 cm³/mol. The third-order valence-electron chi connectivity index (χ3n) is 2.73. The Kier molecular flexibility index (Phi) is 5.08. The second-order valence-corrected chi connectivity index (χ2v) is 6.00. The summed E-state index contributed by atoms with van der Waals surface area (Å²) in [7, 11) is 0. The van der Waals surface area contributed by atoms with Crippen LogP contribution in [-0.4, -0.2) is 43.2 Å². The summed E-state index contributed by atoms with van der Waals surface area (Å²) in [4.78, 5) is 14.6. The van der Waals surface area contributed by atoms with Crippen LogP contribution in [0, 0.1) is 11.8 Å². The van der Waals surface area contributed by atoms with Crippen molar-refractivity contribution in [3.8, 4) is 11.8 Å². The van der Waals surface area contributed by atoms with Crippen LogP contribution in [0.3, 0.4) is 0 Å². The van der Waals surface area contributed by atoms with E-state index in [4.69, 9.17) is 11.6 Å². The smallest absolute Gasteiger partial charge is 0.318 e. The molecule has 6 heteroatoms. The summed E-state index contributed by atoms with van der Waals surface area (Å²) in [6, 6.07) is 3.47. The zero-order valence-corrected chi connectivity index (χ0v) is 12.3. The fourth-order valence-corrected chi connectivity index (χ4v) is 2.65. The van der Waals surface area contributed by atoms with Gasteiger partial charge in [-0.15, -0.1) is 11.3 Å². The molecule has 1 aromatic heterocycles. The van der Waals surface area contributed by atoms with Crippen molar-refractivity contribution < 1.29 is 4.79 Å². The number of hydrogen-bond donors (Lipinski definition) is 2. The molecule has 1 atom stereocenters. The molecule has 4 nitrogen and oxygen atoms in total. The van der Waals surface area contributed by atoms with Gasteiger partial charge in [0, 0.05) is 26.2 Å². The molecule has 1 aliphatic heterocycles. The highest BCUT2D eigenvalue weighted by molar-refractivity contribution is 7.16. The van der Waals surface area contributed by atoms with E-state index in [2.05, 4.69) is 22.5 Å². The molecule has 1 aliphatic rings. The molecule has 0 aromatic carbocycles. The molecule has 0 radical (unpaired) electrons. The van der Waals surface area contributed by atoms with Crippen molar-refractivity contribution in [2.75, 3.05) is 26.2 Å². The molecule has 0 aliphatic carbocycles. The first-order valence-corrected chi connectivity index (χ1v) is 7.37. The van der Waals surface area contributed by atoms with Crippen molar-refractivity contribution in [2.24, 2.45) is 0 Å². The van der Waals surface area contributed by atoms with Crippen molar-refractivity contribution in [1.82, 2.24) is 15.5 Å². The molecule has 2 N–H and O–H groups in total. The molecule has 2 rings (SSSR count). The fraction of sp³-hybridized carbons (Fsp3) is 0.462. The van der Waals surface area contributed by atoms with E-state index < -0.39 is 0 Å². The highest BCUT2D eigenvalue weighted by Crippen LogP contribution is 2.20. The summed E-state index contributed by atoms with van der Waals surface area (Å²) in [5.41, 5.74) is 0. The number of rotatable bonds is 1. The molecule has 0 saturated carbocycles. The van der Waals surface area contributed by atoms with Gasteiger partial charge in [-0.05, 0) is 19.1 Å². The molecule has 102 valence electrons. The first-order valence-electron chi connectivity index (χ1n) is 6.18. The van der Waals surface area contributed by atoms with Gasteiger partial charge in [0.05, 0.1) is 15.3 Å². The Balaban J connectivity index is 1.85. The van der Waals surface area contributed by atoms with E-state index in [0.717, 1.165) is 35.4 Å². The molecule has 1 aromatic rings. The van der Waals surface area contributed by atoms with Gasteiger partial charge in [-0.1, -0.05) is 23.4 Å². The van der Waals surface area contributed by atoms with Crippen molar-refractivity contribution in [3.05, 3.63) is 21.3 Å². The Bertz CT molecular complexity index is 499. The van der Waals surface area contributed by atoms with E-state index in [9.17, 15) is 4.79 Å². The average Bonchev–Trinajstić information content (AvgIpc) is 2.83. The summed E-state index contributed by atoms with van der Waals surface area (Å²) in [6.07, 6.45) is 0. The summed E-state index contributed by atoms with van der Waals surface area (Å²) in [5.74, 6) is 6.02. The van der Waals surface area contributed by atoms with E-state index >= 15 is 0 Å². The van der Waals surface area contributed by atoms with Gasteiger partial charge in [-0.25, -0.2) is 4.79 Å². The highest BCUT2D eigenvalue weighted by Gasteiger charge is 2.16. The molecular weight excluding hydrogens is 282 g/mol. The number of nitrogens with zero attached hydrogens (tertiary/aromatic N) is 1. The van der Waals surface area contributed by atoms with Crippen LogP contribution < -0.4 is 10.6 Å². The maximum atomic E-state index is 11.9. The number of urea groups is 1. The SMILES string of the molecule is CC(C#Cc1ccc(Cl)s1)NC(=O)N1CCNCC1. The molecular formula is C13H16ClN3OS. The zero-order valence-electron chi connectivity index (χ0n) is 10.7. The van der Waals surface area contributed by atoms with E-state index in [-0.39, 0.29) is 12.1 Å². The second kappa shape index (κ2) is 6.80. The van der Waals surface area contributed by atoms with Crippen LogP contribution >= 0.6 is 22.9 Å². The largest absolute Gasteiger partial charge is 0.325 e. The van der Waals surface area contributed by atoms with Crippen LogP contribution in [0.2, 0.25) is 4.34 Å². The third kappa shape index (κ3) is 4.43. The molecule has 2 amide bonds. The lowest BCUT2D eigenvalue weighted by molar-refractivity contribution is 0.189. The number of piperazine rings is 1. The first kappa shape index (κ1) is 14.2. The van der Waals surface area contributed by atoms with Crippen LogP contribution in [0.5, 0.6) is 0 Å². The average molecular weight is 298 g/mol. The number of halogens is 1. The standard InChI is InChI=1S/C13H16ClN3OS/c1-10(2-3-11-4-5-12(14)19-11)16-13(18)17-8-6-15-7-9-17/h4-5,10,15H,6-9H2,1H3,(H,16,18). The number of amides is 2. The van der Waals surface area contributed by atoms with Gasteiger partial charge >= 0.3 is 6.03 Å². The van der Waals surface area contributed by atoms with Crippen molar-refractivity contribution in [1.29, 1.82) is 0 Å². The molecule has 2 heterocycles. The van der Waals surface area contributed by atoms with Gasteiger partial charge < -0.3 is 15.5 Å². The van der Waals surface area contributed by atoms with Gasteiger partial charge in [0.25, 0.3) is 0 Å². The molecule has 1 fully saturated rings. The zero-order chi connectivity index (χ0) is 13.7. The summed E-state index contributed by atoms with van der Waals surface area (Å²) in [5, 5.41) is 6.10. The lowest BCUT2D eigenvalue weighted by Crippen LogP contribution is -2.51. The second-order valence-electron chi connectivity index (χ2n) is 4.28. The lowest BCUT2D eigenvalue weighted by atomic mass is 10.3. The molecule has 0 bridgehead atoms. The minimum Gasteiger partial charge on any atom is -0.325 e. The molecule has 1 unspecified atom stereocenters. The number of nitrogens with one attached hydrogen (secondary N) is 2. The van der Waals surface area contributed by atoms with Crippen LogP contribution in [0.25, 0.3) is 0 Å². The topological polar surface area (TPSA) is 44.4 Å². The lowest BCUT2D eigenvalue weighted by Gasteiger charge is -2.28. The quantitative estimate of drug-likeness (QED) is 0.776. The predicted octanol–water partition coefficient (Wildman–Crippen LogP) is 1.76. The maximum Gasteiger partial charge on any atom is 0.318 e. The van der Waals surface area contributed by atoms with Gasteiger partial charge in [0.15, 0.2) is 0 Å². The van der Waals surface area contributed by atoms with Crippen molar-refractivity contribution >= 4 is 29.0 Å². The Morgan fingerprint density at radius 1 is 1.53 bits per heavy atom. The minimum absolute atomic E-state index is 0.0486. The Hall–Kier alpha value is -1.22. The van der Waals surface area contributed by atoms with Crippen LogP contribution in [0.4, 0.5) is 4.79 Å². The molecule has 19 heavy (non-hydrogen) atoms. The van der Waals surface area contributed by atoms with Gasteiger partial charge in [-0.3, -0.25) is 0 Å². The van der Waals surface area contributed by atoms with Gasteiger partial charge in [0.2, 0.25) is 0 Å². The van der Waals surface area contributed by atoms with Crippen LogP contribution in [0.15, 0.2) is 12.1 Å². The van der Waals surface area contributed by atoms with Crippen LogP contribution in [-0.2, 0) is 0 Å². The first-order chi connectivity index (χ1) is 9.15. The Morgan fingerprint density at radius 3 is 2.89 bits per heavy atom. The number of carbonyl (C=O) groups is 1. The van der Waals surface area contributed by atoms with Crippen molar-refractivity contribution in [2.45, 2.75) is 13.0 Å². The van der Waals surface area contributed by atoms with E-state index in [1.54, 1.807) is 4.90 Å². The Labute approximate surface area is 122 Å². The van der Waals surface area contributed by atoms with Crippen molar-refractivity contribution in [3.63, 3.8) is 0 Å². The summed E-state index contributed by atoms with van der Waals surface area (Å²) in [6.45, 7) is 5.06. The normalized spacial score (nSPS) is 16.4. The minimum atomic E-state index is -0.178. The van der Waals surface area contributed by atoms with Gasteiger partial charge in [0.1, 0.15) is 0 Å². The third-order valence-corrected chi connectivity index (χ3v) is 3.88. The Morgan fingerprint density at radius 2 is 2.26 bits per heavy atom. The van der Waals surface area contributed by atoms with E-state index in [1.807, 2.05) is 19.1 Å². The number of carbonyl (C=O) groups excluding carboxylic acids is 1. The van der Waals surface area contributed by atoms with E-state index in [0.29, 0.717) is 0 Å². The summed E-state index contributed by atoms with van der Waals surface area (Å²) < 4.78 is 0.724. The monoisotopic (exact) mass is 297 g/mol. The van der Waals surface area contributed by atoms with Crippen LogP contribution in [0.1, 0.15) is 11.8 Å². The fourth-order valence-electron chi connectivity index (χ4n) is 1.74.